The number of nitrogens with zero attached hydrogens (tertiary/aromatic N) is 7. The first-order valence-corrected chi connectivity index (χ1v) is 14.0. The first-order valence-electron chi connectivity index (χ1n) is 14.0. The van der Waals surface area contributed by atoms with Gasteiger partial charge in [0, 0.05) is 86.7 Å². The molecule has 0 bridgehead atoms. The van der Waals surface area contributed by atoms with Gasteiger partial charge in [-0.3, -0.25) is 4.79 Å². The average Bonchev–Trinajstić information content (AvgIpc) is 3.45. The Bertz CT molecular complexity index is 1720. The van der Waals surface area contributed by atoms with Crippen LogP contribution in [0.2, 0.25) is 0 Å². The van der Waals surface area contributed by atoms with Crippen LogP contribution in [-0.4, -0.2) is 95.1 Å². The number of hydrogen-bond acceptors (Lipinski definition) is 9. The van der Waals surface area contributed by atoms with E-state index in [-0.39, 0.29) is 5.91 Å². The number of H-pyrrole nitrogens is 1. The van der Waals surface area contributed by atoms with E-state index in [4.69, 9.17) is 0 Å². The second-order valence-corrected chi connectivity index (χ2v) is 10.6. The van der Waals surface area contributed by atoms with Gasteiger partial charge in [0.25, 0.3) is 5.91 Å². The van der Waals surface area contributed by atoms with Crippen LogP contribution in [0.4, 0.5) is 17.3 Å². The molecule has 41 heavy (non-hydrogen) atoms. The predicted octanol–water partition coefficient (Wildman–Crippen LogP) is 2.98. The second-order valence-electron chi connectivity index (χ2n) is 10.6. The predicted molar refractivity (Wildman–Crippen MR) is 162 cm³/mol. The molecule has 2 saturated heterocycles. The lowest BCUT2D eigenvalue weighted by Crippen LogP contribution is -2.44. The zero-order valence-corrected chi connectivity index (χ0v) is 23.0. The summed E-state index contributed by atoms with van der Waals surface area (Å²) in [6.07, 6.45) is 6.98. The van der Waals surface area contributed by atoms with Gasteiger partial charge in [-0.05, 0) is 42.9 Å². The van der Waals surface area contributed by atoms with E-state index in [2.05, 4.69) is 69.4 Å². The Balaban J connectivity index is 1.17. The van der Waals surface area contributed by atoms with Crippen LogP contribution in [0.25, 0.3) is 33.1 Å². The van der Waals surface area contributed by atoms with Crippen LogP contribution in [0.15, 0.2) is 61.3 Å². The average molecular weight is 549 g/mol. The Kier molecular flexibility index (Phi) is 6.65. The van der Waals surface area contributed by atoms with Crippen molar-refractivity contribution in [3.05, 3.63) is 66.9 Å². The van der Waals surface area contributed by atoms with Crippen LogP contribution in [-0.2, 0) is 0 Å². The number of carbonyl (C=O) groups excluding carboxylic acids is 1. The van der Waals surface area contributed by atoms with E-state index in [0.717, 1.165) is 97.1 Å². The fourth-order valence-corrected chi connectivity index (χ4v) is 5.62. The number of anilines is 3. The molecule has 0 atom stereocenters. The van der Waals surface area contributed by atoms with Crippen molar-refractivity contribution >= 4 is 45.2 Å². The summed E-state index contributed by atoms with van der Waals surface area (Å²) in [7, 11) is 2.15. The summed E-state index contributed by atoms with van der Waals surface area (Å²) >= 11 is 0. The van der Waals surface area contributed by atoms with Crippen molar-refractivity contribution in [2.75, 3.05) is 74.5 Å². The molecule has 0 aliphatic carbocycles. The smallest absolute Gasteiger partial charge is 0.255 e. The number of amides is 1. The van der Waals surface area contributed by atoms with Crippen molar-refractivity contribution in [1.82, 2.24) is 35.1 Å². The Morgan fingerprint density at radius 2 is 1.73 bits per heavy atom. The zero-order chi connectivity index (χ0) is 27.8. The van der Waals surface area contributed by atoms with Crippen LogP contribution >= 0.6 is 0 Å². The normalized spacial score (nSPS) is 16.4. The molecule has 5 aromatic rings. The quantitative estimate of drug-likeness (QED) is 0.305. The maximum Gasteiger partial charge on any atom is 0.255 e. The first-order chi connectivity index (χ1) is 20.1. The fourth-order valence-electron chi connectivity index (χ4n) is 5.62. The number of hydrogen-bond donors (Lipinski definition) is 3. The highest BCUT2D eigenvalue weighted by atomic mass is 16.1. The number of rotatable bonds is 5. The van der Waals surface area contributed by atoms with Gasteiger partial charge in [-0.15, -0.1) is 0 Å². The van der Waals surface area contributed by atoms with Gasteiger partial charge in [-0.25, -0.2) is 19.9 Å². The summed E-state index contributed by atoms with van der Waals surface area (Å²) in [4.78, 5) is 41.6. The van der Waals surface area contributed by atoms with Crippen molar-refractivity contribution < 1.29 is 4.79 Å². The van der Waals surface area contributed by atoms with Gasteiger partial charge in [0.1, 0.15) is 23.6 Å². The molecule has 0 unspecified atom stereocenters. The molecule has 4 aromatic heterocycles. The van der Waals surface area contributed by atoms with Crippen molar-refractivity contribution in [1.29, 1.82) is 0 Å². The number of carbonyl (C=O) groups is 1. The fraction of sp³-hybridized carbons (Fsp3) is 0.300. The van der Waals surface area contributed by atoms with Crippen LogP contribution < -0.4 is 20.4 Å². The van der Waals surface area contributed by atoms with Gasteiger partial charge in [0.15, 0.2) is 0 Å². The molecule has 2 aliphatic heterocycles. The van der Waals surface area contributed by atoms with Gasteiger partial charge in [-0.1, -0.05) is 6.07 Å². The molecule has 0 spiro atoms. The van der Waals surface area contributed by atoms with Crippen LogP contribution in [0.5, 0.6) is 0 Å². The number of pyridine rings is 2. The maximum absolute atomic E-state index is 13.2. The number of aromatic amines is 1. The number of likely N-dealkylation sites (N-methyl/N-ethyl adjacent to an activating group) is 1. The minimum Gasteiger partial charge on any atom is -0.354 e. The molecular formula is C30H32N10O. The molecule has 2 aliphatic rings. The summed E-state index contributed by atoms with van der Waals surface area (Å²) in [5.41, 5.74) is 4.91. The molecule has 1 aromatic carbocycles. The van der Waals surface area contributed by atoms with Crippen LogP contribution in [0.1, 0.15) is 10.4 Å². The lowest BCUT2D eigenvalue weighted by Gasteiger charge is -2.33. The highest BCUT2D eigenvalue weighted by Crippen LogP contribution is 2.33. The third-order valence-corrected chi connectivity index (χ3v) is 7.97. The third kappa shape index (κ3) is 5.05. The van der Waals surface area contributed by atoms with E-state index in [1.54, 1.807) is 24.8 Å². The third-order valence-electron chi connectivity index (χ3n) is 7.97. The standard InChI is InChI=1S/C30H32N10O/c1-38-10-12-40(13-11-38)29-24-14-20(2-3-26(24)35-19-36-29)25-18-34-28-23(25)16-22(17-33-28)37-30(41)21-4-5-32-27(15-21)39-8-6-31-7-9-39/h2-5,14-19,31H,6-13H2,1H3,(H,33,34)(H,37,41). The number of benzene rings is 1. The Morgan fingerprint density at radius 1 is 0.878 bits per heavy atom. The van der Waals surface area contributed by atoms with Crippen molar-refractivity contribution in [2.24, 2.45) is 0 Å². The molecule has 0 saturated carbocycles. The number of fused-ring (bicyclic) bond motifs is 2. The van der Waals surface area contributed by atoms with E-state index >= 15 is 0 Å². The van der Waals surface area contributed by atoms with Gasteiger partial charge < -0.3 is 30.3 Å². The highest BCUT2D eigenvalue weighted by molar-refractivity contribution is 6.06. The number of nitrogens with one attached hydrogen (secondary N) is 3. The van der Waals surface area contributed by atoms with E-state index in [0.29, 0.717) is 11.3 Å². The first kappa shape index (κ1) is 25.4. The largest absolute Gasteiger partial charge is 0.354 e. The highest BCUT2D eigenvalue weighted by Gasteiger charge is 2.19. The summed E-state index contributed by atoms with van der Waals surface area (Å²) < 4.78 is 0. The van der Waals surface area contributed by atoms with Crippen molar-refractivity contribution in [2.45, 2.75) is 0 Å². The molecule has 0 radical (unpaired) electrons. The Morgan fingerprint density at radius 3 is 2.59 bits per heavy atom. The zero-order valence-electron chi connectivity index (χ0n) is 23.0. The number of aromatic nitrogens is 5. The van der Waals surface area contributed by atoms with E-state index < -0.39 is 0 Å². The maximum atomic E-state index is 13.2. The summed E-state index contributed by atoms with van der Waals surface area (Å²) in [5, 5.41) is 8.33. The minimum atomic E-state index is -0.193. The SMILES string of the molecule is CN1CCN(c2ncnc3ccc(-c4c[nH]c5ncc(NC(=O)c6ccnc(N7CCNCC7)c6)cc45)cc23)CC1. The topological polar surface area (TPSA) is 118 Å². The molecule has 7 rings (SSSR count). The van der Waals surface area contributed by atoms with Crippen LogP contribution in [0, 0.1) is 0 Å². The molecular weight excluding hydrogens is 516 g/mol. The lowest BCUT2D eigenvalue weighted by molar-refractivity contribution is 0.102. The molecule has 3 N–H and O–H groups in total. The molecule has 2 fully saturated rings. The summed E-state index contributed by atoms with van der Waals surface area (Å²) in [6.45, 7) is 7.42. The van der Waals surface area contributed by atoms with Gasteiger partial charge in [0.2, 0.25) is 0 Å². The molecule has 6 heterocycles. The van der Waals surface area contributed by atoms with Crippen LogP contribution in [0.3, 0.4) is 0 Å². The van der Waals surface area contributed by atoms with Crippen molar-refractivity contribution in [3.63, 3.8) is 0 Å². The van der Waals surface area contributed by atoms with E-state index in [1.807, 2.05) is 24.4 Å². The lowest BCUT2D eigenvalue weighted by atomic mass is 10.0. The summed E-state index contributed by atoms with van der Waals surface area (Å²) in [5.74, 6) is 1.59. The minimum absolute atomic E-state index is 0.193. The molecule has 1 amide bonds. The van der Waals surface area contributed by atoms with E-state index in [1.165, 1.54) is 0 Å². The molecule has 11 heteroatoms. The molecule has 208 valence electrons. The molecule has 11 nitrogen and oxygen atoms in total. The second kappa shape index (κ2) is 10.8. The Hall–Kier alpha value is -4.61. The van der Waals surface area contributed by atoms with Gasteiger partial charge in [-0.2, -0.15) is 0 Å². The van der Waals surface area contributed by atoms with Gasteiger partial charge >= 0.3 is 0 Å². The van der Waals surface area contributed by atoms with E-state index in [9.17, 15) is 4.79 Å². The van der Waals surface area contributed by atoms with Gasteiger partial charge in [0.05, 0.1) is 17.4 Å². The monoisotopic (exact) mass is 548 g/mol. The summed E-state index contributed by atoms with van der Waals surface area (Å²) in [6, 6.07) is 11.8. The Labute approximate surface area is 237 Å². The van der Waals surface area contributed by atoms with Crippen molar-refractivity contribution in [3.8, 4) is 11.1 Å². The number of piperazine rings is 2.